The third kappa shape index (κ3) is 2.35. The minimum Gasteiger partial charge on any atom is -0.352 e. The molecule has 0 bridgehead atoms. The monoisotopic (exact) mass is 276 g/mol. The first-order chi connectivity index (χ1) is 8.94. The van der Waals surface area contributed by atoms with Crippen LogP contribution in [0, 0.1) is 17.3 Å². The van der Waals surface area contributed by atoms with Gasteiger partial charge in [0.25, 0.3) is 0 Å². The zero-order valence-corrected chi connectivity index (χ0v) is 10.7. The fourth-order valence-corrected chi connectivity index (χ4v) is 3.08. The number of carbonyl (C=O) groups excluding carboxylic acids is 1. The number of halogens is 3. The van der Waals surface area contributed by atoms with Gasteiger partial charge in [0, 0.05) is 12.6 Å². The molecule has 3 fully saturated rings. The van der Waals surface area contributed by atoms with Gasteiger partial charge in [-0.05, 0) is 50.5 Å². The van der Waals surface area contributed by atoms with Crippen LogP contribution in [0.3, 0.4) is 0 Å². The Hall–Kier alpha value is -0.780. The molecule has 0 aromatic carbocycles. The molecule has 2 aliphatic carbocycles. The molecule has 1 atom stereocenters. The summed E-state index contributed by atoms with van der Waals surface area (Å²) in [6, 6.07) is -0.0210. The van der Waals surface area contributed by atoms with Crippen LogP contribution in [0.4, 0.5) is 13.2 Å². The molecule has 1 saturated heterocycles. The molecule has 3 nitrogen and oxygen atoms in total. The van der Waals surface area contributed by atoms with Crippen LogP contribution in [0.1, 0.15) is 32.1 Å². The number of nitrogens with one attached hydrogen (secondary N) is 2. The van der Waals surface area contributed by atoms with Gasteiger partial charge >= 0.3 is 6.18 Å². The maximum atomic E-state index is 13.2. The maximum absolute atomic E-state index is 13.2. The van der Waals surface area contributed by atoms with Crippen molar-refractivity contribution >= 4 is 5.91 Å². The molecule has 3 aliphatic rings. The van der Waals surface area contributed by atoms with Gasteiger partial charge in [0.2, 0.25) is 5.91 Å². The van der Waals surface area contributed by atoms with E-state index < -0.39 is 17.5 Å². The average molecular weight is 276 g/mol. The van der Waals surface area contributed by atoms with Gasteiger partial charge in [-0.25, -0.2) is 0 Å². The second-order valence-electron chi connectivity index (χ2n) is 6.18. The number of hydrogen-bond acceptors (Lipinski definition) is 2. The predicted molar refractivity (Wildman–Crippen MR) is 63.4 cm³/mol. The summed E-state index contributed by atoms with van der Waals surface area (Å²) in [4.78, 5) is 12.2. The van der Waals surface area contributed by atoms with Crippen molar-refractivity contribution in [2.45, 2.75) is 44.3 Å². The van der Waals surface area contributed by atoms with Crippen LogP contribution in [-0.2, 0) is 4.79 Å². The molecule has 0 radical (unpaired) electrons. The van der Waals surface area contributed by atoms with Crippen molar-refractivity contribution in [2.75, 3.05) is 13.1 Å². The summed E-state index contributed by atoms with van der Waals surface area (Å²) in [5, 5.41) is 5.41. The molecule has 1 unspecified atom stereocenters. The summed E-state index contributed by atoms with van der Waals surface area (Å²) in [5.74, 6) is 0.0148. The fourth-order valence-electron chi connectivity index (χ4n) is 3.08. The lowest BCUT2D eigenvalue weighted by Gasteiger charge is -2.31. The van der Waals surface area contributed by atoms with Gasteiger partial charge in [0.15, 0.2) is 5.41 Å². The Labute approximate surface area is 110 Å². The van der Waals surface area contributed by atoms with E-state index in [1.807, 2.05) is 0 Å². The molecule has 1 amide bonds. The molecule has 3 rings (SSSR count). The lowest BCUT2D eigenvalue weighted by Crippen LogP contribution is -2.55. The summed E-state index contributed by atoms with van der Waals surface area (Å²) < 4.78 is 39.7. The van der Waals surface area contributed by atoms with E-state index in [1.54, 1.807) is 0 Å². The SMILES string of the molecule is O=C(NC(C1CC1)C1CC1)C1(C(F)(F)F)CCNC1. The number of amides is 1. The van der Waals surface area contributed by atoms with Crippen LogP contribution in [-0.4, -0.2) is 31.2 Å². The van der Waals surface area contributed by atoms with E-state index in [0.717, 1.165) is 25.7 Å². The van der Waals surface area contributed by atoms with Crippen LogP contribution in [0.25, 0.3) is 0 Å². The van der Waals surface area contributed by atoms with Gasteiger partial charge in [-0.3, -0.25) is 4.79 Å². The Morgan fingerprint density at radius 3 is 2.16 bits per heavy atom. The van der Waals surface area contributed by atoms with Crippen LogP contribution in [0.5, 0.6) is 0 Å². The average Bonchev–Trinajstić information content (AvgIpc) is 3.24. The molecule has 0 aromatic rings. The Kier molecular flexibility index (Phi) is 3.04. The third-order valence-electron chi connectivity index (χ3n) is 4.69. The van der Waals surface area contributed by atoms with Crippen LogP contribution >= 0.6 is 0 Å². The van der Waals surface area contributed by atoms with Gasteiger partial charge < -0.3 is 10.6 Å². The van der Waals surface area contributed by atoms with Gasteiger partial charge in [-0.2, -0.15) is 13.2 Å². The summed E-state index contributed by atoms with van der Waals surface area (Å²) >= 11 is 0. The Morgan fingerprint density at radius 1 is 1.21 bits per heavy atom. The van der Waals surface area contributed by atoms with Crippen molar-refractivity contribution in [3.8, 4) is 0 Å². The van der Waals surface area contributed by atoms with Crippen molar-refractivity contribution in [3.63, 3.8) is 0 Å². The predicted octanol–water partition coefficient (Wildman–Crippen LogP) is 1.83. The first-order valence-electron chi connectivity index (χ1n) is 7.02. The van der Waals surface area contributed by atoms with Crippen molar-refractivity contribution in [1.29, 1.82) is 0 Å². The lowest BCUT2D eigenvalue weighted by atomic mass is 9.84. The highest BCUT2D eigenvalue weighted by atomic mass is 19.4. The third-order valence-corrected chi connectivity index (χ3v) is 4.69. The zero-order valence-electron chi connectivity index (χ0n) is 10.7. The van der Waals surface area contributed by atoms with Crippen LogP contribution in [0.15, 0.2) is 0 Å². The normalized spacial score (nSPS) is 31.8. The highest BCUT2D eigenvalue weighted by Crippen LogP contribution is 2.47. The highest BCUT2D eigenvalue weighted by molar-refractivity contribution is 5.84. The molecule has 2 N–H and O–H groups in total. The standard InChI is InChI=1S/C13H19F3N2O/c14-13(15,16)12(5-6-17-7-12)11(19)18-10(8-1-2-8)9-3-4-9/h8-10,17H,1-7H2,(H,18,19). The number of carbonyl (C=O) groups is 1. The molecule has 1 heterocycles. The minimum atomic E-state index is -4.47. The molecule has 108 valence electrons. The van der Waals surface area contributed by atoms with Gasteiger partial charge in [0.1, 0.15) is 0 Å². The molecule has 19 heavy (non-hydrogen) atoms. The Balaban J connectivity index is 1.73. The Bertz CT molecular complexity index is 357. The lowest BCUT2D eigenvalue weighted by molar-refractivity contribution is -0.216. The second-order valence-corrected chi connectivity index (χ2v) is 6.18. The summed E-state index contributed by atoms with van der Waals surface area (Å²) in [5.41, 5.74) is -2.21. The van der Waals surface area contributed by atoms with Gasteiger partial charge in [-0.1, -0.05) is 0 Å². The summed E-state index contributed by atoms with van der Waals surface area (Å²) in [6.07, 6.45) is -0.461. The van der Waals surface area contributed by atoms with Crippen molar-refractivity contribution in [3.05, 3.63) is 0 Å². The summed E-state index contributed by atoms with van der Waals surface area (Å²) in [6.45, 7) is -0.0329. The summed E-state index contributed by atoms with van der Waals surface area (Å²) in [7, 11) is 0. The first kappa shape index (κ1) is 13.2. The maximum Gasteiger partial charge on any atom is 0.404 e. The van der Waals surface area contributed by atoms with E-state index in [4.69, 9.17) is 0 Å². The topological polar surface area (TPSA) is 41.1 Å². The molecule has 0 aromatic heterocycles. The van der Waals surface area contributed by atoms with E-state index in [0.29, 0.717) is 11.8 Å². The number of alkyl halides is 3. The molecule has 1 aliphatic heterocycles. The van der Waals surface area contributed by atoms with Crippen LogP contribution in [0.2, 0.25) is 0 Å². The molecule has 2 saturated carbocycles. The van der Waals surface area contributed by atoms with E-state index in [2.05, 4.69) is 10.6 Å². The van der Waals surface area contributed by atoms with E-state index >= 15 is 0 Å². The van der Waals surface area contributed by atoms with E-state index in [1.165, 1.54) is 0 Å². The van der Waals surface area contributed by atoms with Gasteiger partial charge in [-0.15, -0.1) is 0 Å². The Morgan fingerprint density at radius 2 is 1.79 bits per heavy atom. The fraction of sp³-hybridized carbons (Fsp3) is 0.923. The second kappa shape index (κ2) is 4.36. The van der Waals surface area contributed by atoms with Crippen molar-refractivity contribution < 1.29 is 18.0 Å². The molecular formula is C13H19F3N2O. The molecular weight excluding hydrogens is 257 g/mol. The van der Waals surface area contributed by atoms with E-state index in [-0.39, 0.29) is 25.6 Å². The number of rotatable bonds is 4. The number of hydrogen-bond donors (Lipinski definition) is 2. The van der Waals surface area contributed by atoms with Crippen LogP contribution < -0.4 is 10.6 Å². The van der Waals surface area contributed by atoms with E-state index in [9.17, 15) is 18.0 Å². The minimum absolute atomic E-state index is 0.0210. The molecule has 0 spiro atoms. The quantitative estimate of drug-likeness (QED) is 0.822. The van der Waals surface area contributed by atoms with Crippen molar-refractivity contribution in [1.82, 2.24) is 10.6 Å². The first-order valence-corrected chi connectivity index (χ1v) is 7.02. The largest absolute Gasteiger partial charge is 0.404 e. The van der Waals surface area contributed by atoms with Crippen molar-refractivity contribution in [2.24, 2.45) is 17.3 Å². The van der Waals surface area contributed by atoms with Gasteiger partial charge in [0.05, 0.1) is 0 Å². The molecule has 6 heteroatoms. The zero-order chi connectivity index (χ0) is 13.7. The smallest absolute Gasteiger partial charge is 0.352 e. The highest BCUT2D eigenvalue weighted by Gasteiger charge is 2.62.